The van der Waals surface area contributed by atoms with Crippen LogP contribution in [0.5, 0.6) is 0 Å². The van der Waals surface area contributed by atoms with Crippen molar-refractivity contribution in [1.82, 2.24) is 14.5 Å². The number of fused-ring (bicyclic) bond motifs is 1. The van der Waals surface area contributed by atoms with Crippen LogP contribution in [0.4, 0.5) is 5.82 Å². The fraction of sp³-hybridized carbons (Fsp3) is 0.417. The molecule has 0 radical (unpaired) electrons. The van der Waals surface area contributed by atoms with Gasteiger partial charge >= 0.3 is 0 Å². The van der Waals surface area contributed by atoms with E-state index in [-0.39, 0.29) is 5.82 Å². The summed E-state index contributed by atoms with van der Waals surface area (Å²) in [4.78, 5) is 7.94. The number of aliphatic hydroxyl groups excluding tert-OH is 2. The second-order valence-electron chi connectivity index (χ2n) is 4.73. The summed E-state index contributed by atoms with van der Waals surface area (Å²) < 4.78 is 7.03. The van der Waals surface area contributed by atoms with Crippen LogP contribution < -0.4 is 5.73 Å². The molecule has 20 heavy (non-hydrogen) atoms. The van der Waals surface area contributed by atoms with E-state index in [9.17, 15) is 10.2 Å². The lowest BCUT2D eigenvalue weighted by Gasteiger charge is -2.17. The third-order valence-electron chi connectivity index (χ3n) is 3.51. The summed E-state index contributed by atoms with van der Waals surface area (Å²) in [5, 5.41) is 29.4. The van der Waals surface area contributed by atoms with Gasteiger partial charge in [-0.05, 0) is 6.92 Å². The van der Waals surface area contributed by atoms with E-state index < -0.39 is 24.5 Å². The first-order chi connectivity index (χ1) is 9.54. The van der Waals surface area contributed by atoms with E-state index in [0.29, 0.717) is 16.6 Å². The summed E-state index contributed by atoms with van der Waals surface area (Å²) >= 11 is 0. The molecule has 2 aromatic rings. The maximum absolute atomic E-state index is 10.0. The van der Waals surface area contributed by atoms with Gasteiger partial charge < -0.3 is 25.3 Å². The van der Waals surface area contributed by atoms with E-state index in [1.807, 2.05) is 6.07 Å². The van der Waals surface area contributed by atoms with E-state index in [2.05, 4.69) is 9.97 Å². The van der Waals surface area contributed by atoms with E-state index >= 15 is 0 Å². The zero-order valence-corrected chi connectivity index (χ0v) is 10.6. The molecule has 4 atom stereocenters. The minimum absolute atomic E-state index is 0.186. The number of rotatable bonds is 1. The van der Waals surface area contributed by atoms with Crippen LogP contribution >= 0.6 is 0 Å². The first-order valence-electron chi connectivity index (χ1n) is 6.07. The number of nitrogen functional groups attached to an aromatic ring is 1. The van der Waals surface area contributed by atoms with E-state index in [0.717, 1.165) is 0 Å². The molecule has 1 aliphatic heterocycles. The van der Waals surface area contributed by atoms with Crippen LogP contribution in [0.2, 0.25) is 0 Å². The van der Waals surface area contributed by atoms with Crippen LogP contribution in [0.3, 0.4) is 0 Å². The van der Waals surface area contributed by atoms with Crippen LogP contribution in [0, 0.1) is 11.3 Å². The molecule has 1 fully saturated rings. The molecule has 8 heteroatoms. The quantitative estimate of drug-likeness (QED) is 0.641. The zero-order valence-electron chi connectivity index (χ0n) is 10.6. The molecule has 0 unspecified atom stereocenters. The number of nitrogens with zero attached hydrogens (tertiary/aromatic N) is 4. The third-order valence-corrected chi connectivity index (χ3v) is 3.51. The monoisotopic (exact) mass is 275 g/mol. The highest BCUT2D eigenvalue weighted by molar-refractivity contribution is 5.91. The van der Waals surface area contributed by atoms with Gasteiger partial charge in [0, 0.05) is 6.20 Å². The Bertz CT molecular complexity index is 707. The molecular weight excluding hydrogens is 262 g/mol. The Labute approximate surface area is 114 Å². The van der Waals surface area contributed by atoms with Gasteiger partial charge in [0.15, 0.2) is 6.23 Å². The Morgan fingerprint density at radius 3 is 2.75 bits per heavy atom. The molecule has 1 aliphatic rings. The molecule has 3 heterocycles. The number of aromatic nitrogens is 3. The van der Waals surface area contributed by atoms with Gasteiger partial charge in [-0.3, -0.25) is 0 Å². The highest BCUT2D eigenvalue weighted by Gasteiger charge is 2.42. The van der Waals surface area contributed by atoms with Gasteiger partial charge in [0.25, 0.3) is 0 Å². The van der Waals surface area contributed by atoms with Gasteiger partial charge in [-0.15, -0.1) is 0 Å². The molecule has 0 saturated carbocycles. The molecule has 3 rings (SSSR count). The fourth-order valence-corrected chi connectivity index (χ4v) is 2.44. The number of nitrogens with two attached hydrogens (primary N) is 1. The molecule has 104 valence electrons. The van der Waals surface area contributed by atoms with Crippen LogP contribution in [0.1, 0.15) is 18.7 Å². The van der Waals surface area contributed by atoms with Crippen molar-refractivity contribution < 1.29 is 14.9 Å². The summed E-state index contributed by atoms with van der Waals surface area (Å²) in [6.07, 6.45) is -0.674. The first-order valence-corrected chi connectivity index (χ1v) is 6.07. The molecule has 0 aromatic carbocycles. The van der Waals surface area contributed by atoms with E-state index in [1.54, 1.807) is 6.92 Å². The summed E-state index contributed by atoms with van der Waals surface area (Å²) in [6, 6.07) is 2.01. The lowest BCUT2D eigenvalue weighted by atomic mass is 10.1. The van der Waals surface area contributed by atoms with Gasteiger partial charge in [-0.2, -0.15) is 5.26 Å². The van der Waals surface area contributed by atoms with Crippen molar-refractivity contribution in [3.63, 3.8) is 0 Å². The van der Waals surface area contributed by atoms with Crippen LogP contribution in [-0.2, 0) is 4.74 Å². The Morgan fingerprint density at radius 2 is 2.15 bits per heavy atom. The number of aliphatic hydroxyl groups is 2. The topological polar surface area (TPSA) is 130 Å². The number of nitriles is 1. The molecule has 1 saturated heterocycles. The lowest BCUT2D eigenvalue weighted by molar-refractivity contribution is -0.0296. The SMILES string of the molecule is C[C@H]1O[C@H](n2cc(C#N)c3c(N)ncnc32)[C@@H](O)[C@H]1O. The van der Waals surface area contributed by atoms with Gasteiger partial charge in [0.2, 0.25) is 0 Å². The summed E-state index contributed by atoms with van der Waals surface area (Å²) in [6.45, 7) is 1.66. The number of hydrogen-bond donors (Lipinski definition) is 3. The fourth-order valence-electron chi connectivity index (χ4n) is 2.44. The highest BCUT2D eigenvalue weighted by Crippen LogP contribution is 2.34. The van der Waals surface area contributed by atoms with Crippen molar-refractivity contribution in [3.05, 3.63) is 18.1 Å². The standard InChI is InChI=1S/C12H13N5O3/c1-5-8(18)9(19)12(20-5)17-3-6(2-13)7-10(14)15-4-16-11(7)17/h3-5,8-9,12,18-19H,1H3,(H2,14,15,16)/t5-,8+,9+,12+/m1/s1. The molecule has 0 bridgehead atoms. The molecule has 2 aromatic heterocycles. The van der Waals surface area contributed by atoms with Gasteiger partial charge in [-0.1, -0.05) is 0 Å². The third kappa shape index (κ3) is 1.65. The van der Waals surface area contributed by atoms with Gasteiger partial charge in [0.05, 0.1) is 17.1 Å². The average Bonchev–Trinajstić information content (AvgIpc) is 2.93. The van der Waals surface area contributed by atoms with Gasteiger partial charge in [-0.25, -0.2) is 9.97 Å². The molecule has 0 amide bonds. The molecule has 8 nitrogen and oxygen atoms in total. The predicted molar refractivity (Wildman–Crippen MR) is 68.3 cm³/mol. The van der Waals surface area contributed by atoms with Crippen molar-refractivity contribution in [2.75, 3.05) is 5.73 Å². The highest BCUT2D eigenvalue weighted by atomic mass is 16.6. The van der Waals surface area contributed by atoms with Crippen molar-refractivity contribution >= 4 is 16.9 Å². The zero-order chi connectivity index (χ0) is 14.4. The number of anilines is 1. The Balaban J connectivity index is 2.19. The molecule has 0 aliphatic carbocycles. The number of hydrogen-bond acceptors (Lipinski definition) is 7. The lowest BCUT2D eigenvalue weighted by Crippen LogP contribution is -2.30. The minimum Gasteiger partial charge on any atom is -0.388 e. The van der Waals surface area contributed by atoms with Crippen molar-refractivity contribution in [3.8, 4) is 6.07 Å². The predicted octanol–water partition coefficient (Wildman–Crippen LogP) is -0.476. The van der Waals surface area contributed by atoms with E-state index in [4.69, 9.17) is 15.7 Å². The smallest absolute Gasteiger partial charge is 0.164 e. The maximum Gasteiger partial charge on any atom is 0.164 e. The first kappa shape index (κ1) is 12.8. The second-order valence-corrected chi connectivity index (χ2v) is 4.73. The van der Waals surface area contributed by atoms with Crippen LogP contribution in [0.25, 0.3) is 11.0 Å². The van der Waals surface area contributed by atoms with Gasteiger partial charge in [0.1, 0.15) is 36.1 Å². The largest absolute Gasteiger partial charge is 0.388 e. The Morgan fingerprint density at radius 1 is 1.40 bits per heavy atom. The maximum atomic E-state index is 10.0. The average molecular weight is 275 g/mol. The molecule has 0 spiro atoms. The van der Waals surface area contributed by atoms with E-state index in [1.165, 1.54) is 17.1 Å². The summed E-state index contributed by atoms with van der Waals surface area (Å²) in [7, 11) is 0. The van der Waals surface area contributed by atoms with Crippen molar-refractivity contribution in [2.24, 2.45) is 0 Å². The molecular formula is C12H13N5O3. The molecule has 4 N–H and O–H groups in total. The van der Waals surface area contributed by atoms with Crippen molar-refractivity contribution in [2.45, 2.75) is 31.5 Å². The number of ether oxygens (including phenoxy) is 1. The van der Waals surface area contributed by atoms with Crippen molar-refractivity contribution in [1.29, 1.82) is 5.26 Å². The van der Waals surface area contributed by atoms with Crippen LogP contribution in [0.15, 0.2) is 12.5 Å². The summed E-state index contributed by atoms with van der Waals surface area (Å²) in [5.41, 5.74) is 6.45. The van der Waals surface area contributed by atoms with Crippen LogP contribution in [-0.4, -0.2) is 43.1 Å². The summed E-state index contributed by atoms with van der Waals surface area (Å²) in [5.74, 6) is 0.186. The minimum atomic E-state index is -1.11. The Kier molecular flexibility index (Phi) is 2.83. The normalized spacial score (nSPS) is 29.7. The Hall–Kier alpha value is -2.21. The second kappa shape index (κ2) is 4.42.